The maximum absolute atomic E-state index is 12.2. The van der Waals surface area contributed by atoms with Gasteiger partial charge in [-0.2, -0.15) is 0 Å². The van der Waals surface area contributed by atoms with E-state index in [2.05, 4.69) is 10.3 Å². The van der Waals surface area contributed by atoms with Crippen LogP contribution in [0.4, 0.5) is 0 Å². The molecule has 0 atom stereocenters. The number of carbonyl (C=O) groups is 1. The maximum atomic E-state index is 12.2. The van der Waals surface area contributed by atoms with E-state index >= 15 is 0 Å². The Morgan fingerprint density at radius 3 is 2.92 bits per heavy atom. The first-order valence-corrected chi connectivity index (χ1v) is 9.12. The molecule has 1 aromatic carbocycles. The van der Waals surface area contributed by atoms with Gasteiger partial charge in [0.15, 0.2) is 22.3 Å². The Balaban J connectivity index is 1.56. The third-order valence-corrected chi connectivity index (χ3v) is 4.55. The van der Waals surface area contributed by atoms with Crippen LogP contribution in [-0.2, 0) is 17.8 Å². The minimum Gasteiger partial charge on any atom is -0.493 e. The normalized spacial score (nSPS) is 10.5. The molecule has 0 fully saturated rings. The van der Waals surface area contributed by atoms with Crippen LogP contribution in [0, 0.1) is 0 Å². The van der Waals surface area contributed by atoms with Crippen molar-refractivity contribution in [2.24, 2.45) is 0 Å². The molecule has 0 aliphatic rings. The van der Waals surface area contributed by atoms with Crippen LogP contribution in [0.25, 0.3) is 10.8 Å². The van der Waals surface area contributed by atoms with Crippen molar-refractivity contribution in [2.75, 3.05) is 13.7 Å². The Kier molecular flexibility index (Phi) is 5.91. The van der Waals surface area contributed by atoms with E-state index in [4.69, 9.17) is 13.9 Å². The highest BCUT2D eigenvalue weighted by Crippen LogP contribution is 2.28. The second-order valence-electron chi connectivity index (χ2n) is 5.49. The van der Waals surface area contributed by atoms with Crippen LogP contribution in [-0.4, -0.2) is 24.6 Å². The maximum Gasteiger partial charge on any atom is 0.226 e. The van der Waals surface area contributed by atoms with Crippen molar-refractivity contribution in [3.63, 3.8) is 0 Å². The standard InChI is InChI=1S/C19H20N2O4S/c1-3-24-15-7-6-13(9-17(15)23-2)11-20-18(22)10-14-12-26-19(21-14)16-5-4-8-25-16/h4-9,12H,3,10-11H2,1-2H3,(H,20,22). The minimum absolute atomic E-state index is 0.0888. The summed E-state index contributed by atoms with van der Waals surface area (Å²) in [4.78, 5) is 16.6. The molecule has 0 aliphatic heterocycles. The number of benzene rings is 1. The Hall–Kier alpha value is -2.80. The monoisotopic (exact) mass is 372 g/mol. The molecule has 1 amide bonds. The number of carbonyl (C=O) groups excluding carboxylic acids is 1. The van der Waals surface area contributed by atoms with Gasteiger partial charge in [0.2, 0.25) is 5.91 Å². The summed E-state index contributed by atoms with van der Waals surface area (Å²) in [5.41, 5.74) is 1.66. The largest absolute Gasteiger partial charge is 0.493 e. The van der Waals surface area contributed by atoms with Crippen LogP contribution < -0.4 is 14.8 Å². The molecule has 26 heavy (non-hydrogen) atoms. The molecule has 7 heteroatoms. The number of nitrogens with zero attached hydrogens (tertiary/aromatic N) is 1. The topological polar surface area (TPSA) is 73.6 Å². The van der Waals surface area contributed by atoms with Crippen LogP contribution in [0.15, 0.2) is 46.4 Å². The summed E-state index contributed by atoms with van der Waals surface area (Å²) in [6.45, 7) is 2.90. The lowest BCUT2D eigenvalue weighted by Gasteiger charge is -2.11. The van der Waals surface area contributed by atoms with Crippen molar-refractivity contribution < 1.29 is 18.7 Å². The van der Waals surface area contributed by atoms with Gasteiger partial charge in [-0.15, -0.1) is 11.3 Å². The van der Waals surface area contributed by atoms with Gasteiger partial charge in [-0.25, -0.2) is 4.98 Å². The molecule has 0 saturated heterocycles. The van der Waals surface area contributed by atoms with Crippen molar-refractivity contribution in [1.29, 1.82) is 0 Å². The average Bonchev–Trinajstić information content (AvgIpc) is 3.32. The van der Waals surface area contributed by atoms with E-state index < -0.39 is 0 Å². The first-order chi connectivity index (χ1) is 12.7. The van der Waals surface area contributed by atoms with Gasteiger partial charge in [0.05, 0.1) is 32.1 Å². The van der Waals surface area contributed by atoms with Crippen LogP contribution in [0.2, 0.25) is 0 Å². The number of nitrogens with one attached hydrogen (secondary N) is 1. The van der Waals surface area contributed by atoms with Gasteiger partial charge >= 0.3 is 0 Å². The molecular weight excluding hydrogens is 352 g/mol. The van der Waals surface area contributed by atoms with E-state index in [0.717, 1.165) is 16.3 Å². The molecule has 0 unspecified atom stereocenters. The number of ether oxygens (including phenoxy) is 2. The zero-order chi connectivity index (χ0) is 18.4. The van der Waals surface area contributed by atoms with Crippen LogP contribution in [0.5, 0.6) is 11.5 Å². The van der Waals surface area contributed by atoms with Crippen LogP contribution >= 0.6 is 11.3 Å². The number of amides is 1. The lowest BCUT2D eigenvalue weighted by molar-refractivity contribution is -0.120. The molecule has 0 saturated carbocycles. The molecule has 3 rings (SSSR count). The third kappa shape index (κ3) is 4.43. The van der Waals surface area contributed by atoms with Crippen molar-refractivity contribution in [1.82, 2.24) is 10.3 Å². The number of furan rings is 1. The Morgan fingerprint density at radius 1 is 1.31 bits per heavy atom. The Bertz CT molecular complexity index is 858. The quantitative estimate of drug-likeness (QED) is 0.653. The highest BCUT2D eigenvalue weighted by atomic mass is 32.1. The van der Waals surface area contributed by atoms with E-state index in [1.165, 1.54) is 11.3 Å². The molecule has 0 bridgehead atoms. The number of hydrogen-bond donors (Lipinski definition) is 1. The summed E-state index contributed by atoms with van der Waals surface area (Å²) in [7, 11) is 1.60. The summed E-state index contributed by atoms with van der Waals surface area (Å²) in [5, 5.41) is 5.54. The van der Waals surface area contributed by atoms with Crippen molar-refractivity contribution in [3.05, 3.63) is 53.2 Å². The van der Waals surface area contributed by atoms with Crippen molar-refractivity contribution >= 4 is 17.2 Å². The highest BCUT2D eigenvalue weighted by molar-refractivity contribution is 7.13. The third-order valence-electron chi connectivity index (χ3n) is 3.64. The zero-order valence-electron chi connectivity index (χ0n) is 14.7. The fraction of sp³-hybridized carbons (Fsp3) is 0.263. The van der Waals surface area contributed by atoms with Gasteiger partial charge < -0.3 is 19.2 Å². The van der Waals surface area contributed by atoms with Gasteiger partial charge in [0.25, 0.3) is 0 Å². The molecule has 136 valence electrons. The van der Waals surface area contributed by atoms with E-state index in [9.17, 15) is 4.79 Å². The number of thiazole rings is 1. The fourth-order valence-corrected chi connectivity index (χ4v) is 3.21. The van der Waals surface area contributed by atoms with E-state index in [-0.39, 0.29) is 12.3 Å². The minimum atomic E-state index is -0.0888. The van der Waals surface area contributed by atoms with Gasteiger partial charge in [0, 0.05) is 11.9 Å². The lowest BCUT2D eigenvalue weighted by Crippen LogP contribution is -2.24. The number of methoxy groups -OCH3 is 1. The van der Waals surface area contributed by atoms with Crippen LogP contribution in [0.1, 0.15) is 18.2 Å². The predicted octanol–water partition coefficient (Wildman–Crippen LogP) is 3.67. The van der Waals surface area contributed by atoms with Gasteiger partial charge in [0.1, 0.15) is 0 Å². The number of aromatic nitrogens is 1. The van der Waals surface area contributed by atoms with Gasteiger partial charge in [-0.3, -0.25) is 4.79 Å². The first kappa shape index (κ1) is 18.0. The van der Waals surface area contributed by atoms with Gasteiger partial charge in [-0.1, -0.05) is 6.07 Å². The Labute approximate surface area is 155 Å². The van der Waals surface area contributed by atoms with E-state index in [1.807, 2.05) is 42.6 Å². The predicted molar refractivity (Wildman–Crippen MR) is 99.5 cm³/mol. The fourth-order valence-electron chi connectivity index (χ4n) is 2.43. The average molecular weight is 372 g/mol. The smallest absolute Gasteiger partial charge is 0.226 e. The number of hydrogen-bond acceptors (Lipinski definition) is 6. The van der Waals surface area contributed by atoms with Crippen LogP contribution in [0.3, 0.4) is 0 Å². The summed E-state index contributed by atoms with van der Waals surface area (Å²) in [5.74, 6) is 1.97. The lowest BCUT2D eigenvalue weighted by atomic mass is 10.2. The van der Waals surface area contributed by atoms with Crippen molar-refractivity contribution in [2.45, 2.75) is 19.9 Å². The molecular formula is C19H20N2O4S. The highest BCUT2D eigenvalue weighted by Gasteiger charge is 2.11. The first-order valence-electron chi connectivity index (χ1n) is 8.24. The van der Waals surface area contributed by atoms with Crippen molar-refractivity contribution in [3.8, 4) is 22.3 Å². The SMILES string of the molecule is CCOc1ccc(CNC(=O)Cc2csc(-c3ccco3)n2)cc1OC. The molecule has 2 heterocycles. The summed E-state index contributed by atoms with van der Waals surface area (Å²) in [6, 6.07) is 9.28. The van der Waals surface area contributed by atoms with E-state index in [0.29, 0.717) is 30.4 Å². The molecule has 0 spiro atoms. The molecule has 1 N–H and O–H groups in total. The molecule has 2 aromatic heterocycles. The second kappa shape index (κ2) is 8.53. The van der Waals surface area contributed by atoms with E-state index in [1.54, 1.807) is 13.4 Å². The molecule has 6 nitrogen and oxygen atoms in total. The summed E-state index contributed by atoms with van der Waals surface area (Å²) >= 11 is 1.46. The number of rotatable bonds is 8. The zero-order valence-corrected chi connectivity index (χ0v) is 15.5. The molecule has 0 radical (unpaired) electrons. The molecule has 0 aliphatic carbocycles. The second-order valence-corrected chi connectivity index (χ2v) is 6.35. The van der Waals surface area contributed by atoms with Gasteiger partial charge in [-0.05, 0) is 36.8 Å². The summed E-state index contributed by atoms with van der Waals surface area (Å²) < 4.78 is 16.1. The molecule has 3 aromatic rings. The Morgan fingerprint density at radius 2 is 2.19 bits per heavy atom. The summed E-state index contributed by atoms with van der Waals surface area (Å²) in [6.07, 6.45) is 1.83.